The number of hydrogen-bond donors (Lipinski definition) is 0. The van der Waals surface area contributed by atoms with Crippen LogP contribution in [0.2, 0.25) is 0 Å². The first-order valence-electron chi connectivity index (χ1n) is 4.31. The first-order valence-corrected chi connectivity index (χ1v) is 5.96. The minimum absolute atomic E-state index is 0.0170. The third-order valence-electron chi connectivity index (χ3n) is 1.88. The number of carbonyl (C=O) groups is 1. The van der Waals surface area contributed by atoms with E-state index in [1.54, 1.807) is 0 Å². The van der Waals surface area contributed by atoms with Crippen LogP contribution in [0.4, 0.5) is 4.39 Å². The summed E-state index contributed by atoms with van der Waals surface area (Å²) in [6, 6.07) is 3.48. The molecule has 0 spiro atoms. The summed E-state index contributed by atoms with van der Waals surface area (Å²) in [6.07, 6.45) is 0. The van der Waals surface area contributed by atoms with Gasteiger partial charge in [-0.05, 0) is 37.6 Å². The Bertz CT molecular complexity index is 491. The van der Waals surface area contributed by atoms with Crippen molar-refractivity contribution in [1.29, 1.82) is 0 Å². The molecule has 0 aliphatic carbocycles. The summed E-state index contributed by atoms with van der Waals surface area (Å²) in [6.45, 7) is 2.68. The highest BCUT2D eigenvalue weighted by atomic mass is 32.2. The van der Waals surface area contributed by atoms with Gasteiger partial charge in [-0.3, -0.25) is 4.79 Å². The second-order valence-electron chi connectivity index (χ2n) is 3.37. The van der Waals surface area contributed by atoms with Crippen molar-refractivity contribution in [2.75, 3.05) is 5.75 Å². The Morgan fingerprint density at radius 2 is 2.00 bits per heavy atom. The van der Waals surface area contributed by atoms with E-state index in [4.69, 9.17) is 0 Å². The van der Waals surface area contributed by atoms with E-state index in [9.17, 15) is 17.6 Å². The summed E-state index contributed by atoms with van der Waals surface area (Å²) >= 11 is 0. The minimum Gasteiger partial charge on any atom is -0.299 e. The molecule has 0 atom stereocenters. The van der Waals surface area contributed by atoms with Gasteiger partial charge in [-0.15, -0.1) is 0 Å². The van der Waals surface area contributed by atoms with Crippen molar-refractivity contribution in [3.8, 4) is 0 Å². The molecule has 0 amide bonds. The van der Waals surface area contributed by atoms with E-state index in [2.05, 4.69) is 0 Å². The molecule has 0 heterocycles. The molecule has 3 nitrogen and oxygen atoms in total. The van der Waals surface area contributed by atoms with Crippen LogP contribution in [0.1, 0.15) is 12.5 Å². The smallest absolute Gasteiger partial charge is 0.185 e. The van der Waals surface area contributed by atoms with Gasteiger partial charge in [0.15, 0.2) is 9.84 Å². The Balaban J connectivity index is 3.17. The van der Waals surface area contributed by atoms with E-state index in [1.165, 1.54) is 26.0 Å². The monoisotopic (exact) mass is 230 g/mol. The lowest BCUT2D eigenvalue weighted by molar-refractivity contribution is -0.114. The van der Waals surface area contributed by atoms with Gasteiger partial charge in [-0.2, -0.15) is 0 Å². The molecular weight excluding hydrogens is 219 g/mol. The van der Waals surface area contributed by atoms with Gasteiger partial charge in [0.05, 0.1) is 4.90 Å². The van der Waals surface area contributed by atoms with Gasteiger partial charge in [0.2, 0.25) is 0 Å². The summed E-state index contributed by atoms with van der Waals surface area (Å²) in [5.41, 5.74) is 0.250. The largest absolute Gasteiger partial charge is 0.299 e. The molecular formula is C10H11FO3S. The molecule has 15 heavy (non-hydrogen) atoms. The van der Waals surface area contributed by atoms with Crippen LogP contribution in [0.15, 0.2) is 23.1 Å². The lowest BCUT2D eigenvalue weighted by Crippen LogP contribution is -2.13. The maximum Gasteiger partial charge on any atom is 0.185 e. The highest BCUT2D eigenvalue weighted by molar-refractivity contribution is 7.92. The van der Waals surface area contributed by atoms with E-state index < -0.39 is 27.2 Å². The highest BCUT2D eigenvalue weighted by Crippen LogP contribution is 2.15. The number of hydrogen-bond acceptors (Lipinski definition) is 3. The van der Waals surface area contributed by atoms with Gasteiger partial charge in [-0.1, -0.05) is 0 Å². The summed E-state index contributed by atoms with van der Waals surface area (Å²) in [7, 11) is -3.62. The predicted octanol–water partition coefficient (Wildman–Crippen LogP) is 1.50. The number of benzene rings is 1. The van der Waals surface area contributed by atoms with Crippen LogP contribution >= 0.6 is 0 Å². The van der Waals surface area contributed by atoms with Crippen molar-refractivity contribution in [3.05, 3.63) is 29.6 Å². The minimum atomic E-state index is -3.62. The van der Waals surface area contributed by atoms with Gasteiger partial charge in [0.1, 0.15) is 17.4 Å². The Morgan fingerprint density at radius 3 is 2.47 bits per heavy atom. The maximum absolute atomic E-state index is 12.9. The molecule has 0 N–H and O–H groups in total. The fourth-order valence-electron chi connectivity index (χ4n) is 1.16. The quantitative estimate of drug-likeness (QED) is 0.739. The lowest BCUT2D eigenvalue weighted by Gasteiger charge is -2.03. The highest BCUT2D eigenvalue weighted by Gasteiger charge is 2.17. The molecule has 0 aromatic heterocycles. The SMILES string of the molecule is CC(=O)CS(=O)(=O)c1ccc(F)c(C)c1. The van der Waals surface area contributed by atoms with Crippen LogP contribution in [-0.2, 0) is 14.6 Å². The number of sulfone groups is 1. The topological polar surface area (TPSA) is 51.2 Å². The fraction of sp³-hybridized carbons (Fsp3) is 0.300. The molecule has 5 heteroatoms. The average molecular weight is 230 g/mol. The summed E-state index contributed by atoms with van der Waals surface area (Å²) in [5, 5.41) is 0. The Kier molecular flexibility index (Phi) is 3.24. The van der Waals surface area contributed by atoms with E-state index >= 15 is 0 Å². The Labute approximate surface area is 87.8 Å². The number of rotatable bonds is 3. The van der Waals surface area contributed by atoms with Crippen molar-refractivity contribution >= 4 is 15.6 Å². The molecule has 0 aliphatic heterocycles. The standard InChI is InChI=1S/C10H11FO3S/c1-7-5-9(3-4-10(7)11)15(13,14)6-8(2)12/h3-5H,6H2,1-2H3. The molecule has 0 unspecified atom stereocenters. The number of halogens is 1. The molecule has 82 valence electrons. The molecule has 1 aromatic carbocycles. The second kappa shape index (κ2) is 4.10. The zero-order valence-corrected chi connectivity index (χ0v) is 9.27. The molecule has 0 aliphatic rings. The fourth-order valence-corrected chi connectivity index (χ4v) is 2.50. The van der Waals surface area contributed by atoms with Crippen molar-refractivity contribution < 1.29 is 17.6 Å². The van der Waals surface area contributed by atoms with Gasteiger partial charge in [-0.25, -0.2) is 12.8 Å². The second-order valence-corrected chi connectivity index (χ2v) is 5.36. The van der Waals surface area contributed by atoms with Crippen LogP contribution in [0.5, 0.6) is 0 Å². The van der Waals surface area contributed by atoms with Crippen LogP contribution < -0.4 is 0 Å². The van der Waals surface area contributed by atoms with Gasteiger partial charge in [0.25, 0.3) is 0 Å². The molecule has 0 saturated heterocycles. The predicted molar refractivity (Wildman–Crippen MR) is 53.9 cm³/mol. The van der Waals surface area contributed by atoms with E-state index in [-0.39, 0.29) is 10.5 Å². The third-order valence-corrected chi connectivity index (χ3v) is 3.64. The van der Waals surface area contributed by atoms with E-state index in [0.29, 0.717) is 0 Å². The molecule has 0 radical (unpaired) electrons. The molecule has 0 fully saturated rings. The third kappa shape index (κ3) is 2.86. The first kappa shape index (κ1) is 11.8. The lowest BCUT2D eigenvalue weighted by atomic mass is 10.2. The van der Waals surface area contributed by atoms with Gasteiger partial charge in [0, 0.05) is 0 Å². The number of ketones is 1. The van der Waals surface area contributed by atoms with Gasteiger partial charge < -0.3 is 0 Å². The van der Waals surface area contributed by atoms with E-state index in [1.807, 2.05) is 0 Å². The zero-order valence-electron chi connectivity index (χ0n) is 8.45. The summed E-state index contributed by atoms with van der Waals surface area (Å²) < 4.78 is 36.0. The Morgan fingerprint density at radius 1 is 1.40 bits per heavy atom. The van der Waals surface area contributed by atoms with Crippen molar-refractivity contribution in [2.45, 2.75) is 18.7 Å². The maximum atomic E-state index is 12.9. The molecule has 1 aromatic rings. The zero-order chi connectivity index (χ0) is 11.6. The van der Waals surface area contributed by atoms with Crippen molar-refractivity contribution in [3.63, 3.8) is 0 Å². The van der Waals surface area contributed by atoms with Crippen molar-refractivity contribution in [2.24, 2.45) is 0 Å². The number of carbonyl (C=O) groups excluding carboxylic acids is 1. The van der Waals surface area contributed by atoms with Crippen LogP contribution in [0, 0.1) is 12.7 Å². The molecule has 0 saturated carbocycles. The number of aryl methyl sites for hydroxylation is 1. The van der Waals surface area contributed by atoms with Crippen LogP contribution in [0.25, 0.3) is 0 Å². The van der Waals surface area contributed by atoms with Gasteiger partial charge >= 0.3 is 0 Å². The summed E-state index contributed by atoms with van der Waals surface area (Å²) in [4.78, 5) is 10.7. The molecule has 0 bridgehead atoms. The molecule has 1 rings (SSSR count). The number of Topliss-reactive ketones (excluding diaryl/α,β-unsaturated/α-hetero) is 1. The van der Waals surface area contributed by atoms with Crippen LogP contribution in [0.3, 0.4) is 0 Å². The average Bonchev–Trinajstić information content (AvgIpc) is 2.07. The van der Waals surface area contributed by atoms with Crippen LogP contribution in [-0.4, -0.2) is 20.0 Å². The van der Waals surface area contributed by atoms with Crippen molar-refractivity contribution in [1.82, 2.24) is 0 Å². The first-order chi connectivity index (χ1) is 6.83. The normalized spacial score (nSPS) is 11.4. The Hall–Kier alpha value is -1.23. The summed E-state index contributed by atoms with van der Waals surface area (Å²) in [5.74, 6) is -1.44. The van der Waals surface area contributed by atoms with E-state index in [0.717, 1.165) is 6.07 Å².